The molecule has 1 aliphatic heterocycles. The fourth-order valence-electron chi connectivity index (χ4n) is 3.74. The van der Waals surface area contributed by atoms with Crippen LogP contribution in [-0.4, -0.2) is 25.5 Å². The number of benzene rings is 2. The van der Waals surface area contributed by atoms with E-state index in [4.69, 9.17) is 4.74 Å². The number of hydrogen-bond acceptors (Lipinski definition) is 3. The number of ether oxygens (including phenoxy) is 1. The SMILES string of the molecule is CCc1cccc(C)c1N1CC(C(=O)Nc2ccc(OC)c(C(F)(F)F)c2)CC1=O. The second-order valence-corrected chi connectivity index (χ2v) is 7.24. The Kier molecular flexibility index (Phi) is 6.05. The summed E-state index contributed by atoms with van der Waals surface area (Å²) in [5.74, 6) is -1.65. The number of amides is 2. The molecule has 2 aromatic carbocycles. The standard InChI is InChI=1S/C22H23F3N2O3/c1-4-14-7-5-6-13(2)20(14)27-12-15(10-19(27)28)21(29)26-16-8-9-18(30-3)17(11-16)22(23,24)25/h5-9,11,15H,4,10,12H2,1-3H3,(H,26,29). The lowest BCUT2D eigenvalue weighted by Crippen LogP contribution is -2.29. The number of rotatable bonds is 5. The smallest absolute Gasteiger partial charge is 0.420 e. The number of halogens is 3. The molecule has 1 atom stereocenters. The van der Waals surface area contributed by atoms with Crippen LogP contribution in [-0.2, 0) is 22.2 Å². The molecule has 30 heavy (non-hydrogen) atoms. The first kappa shape index (κ1) is 21.7. The molecule has 0 saturated carbocycles. The quantitative estimate of drug-likeness (QED) is 0.771. The van der Waals surface area contributed by atoms with Gasteiger partial charge in [0.25, 0.3) is 0 Å². The molecule has 8 heteroatoms. The van der Waals surface area contributed by atoms with E-state index >= 15 is 0 Å². The van der Waals surface area contributed by atoms with Crippen LogP contribution in [0.1, 0.15) is 30.0 Å². The topological polar surface area (TPSA) is 58.6 Å². The summed E-state index contributed by atoms with van der Waals surface area (Å²) in [6, 6.07) is 9.11. The number of methoxy groups -OCH3 is 1. The fourth-order valence-corrected chi connectivity index (χ4v) is 3.74. The lowest BCUT2D eigenvalue weighted by molar-refractivity contribution is -0.138. The first-order valence-corrected chi connectivity index (χ1v) is 9.60. The van der Waals surface area contributed by atoms with E-state index in [0.717, 1.165) is 42.5 Å². The molecule has 1 N–H and O–H groups in total. The van der Waals surface area contributed by atoms with E-state index in [2.05, 4.69) is 5.32 Å². The first-order chi connectivity index (χ1) is 14.2. The Labute approximate surface area is 172 Å². The third-order valence-corrected chi connectivity index (χ3v) is 5.24. The summed E-state index contributed by atoms with van der Waals surface area (Å²) in [6.07, 6.45) is -3.87. The maximum absolute atomic E-state index is 13.2. The van der Waals surface area contributed by atoms with Crippen LogP contribution in [0.3, 0.4) is 0 Å². The molecule has 1 fully saturated rings. The van der Waals surface area contributed by atoms with Crippen LogP contribution in [0.25, 0.3) is 0 Å². The summed E-state index contributed by atoms with van der Waals surface area (Å²) in [7, 11) is 1.15. The zero-order valence-electron chi connectivity index (χ0n) is 17.0. The Balaban J connectivity index is 1.79. The lowest BCUT2D eigenvalue weighted by Gasteiger charge is -2.22. The summed E-state index contributed by atoms with van der Waals surface area (Å²) in [6.45, 7) is 4.08. The van der Waals surface area contributed by atoms with Crippen molar-refractivity contribution in [3.63, 3.8) is 0 Å². The predicted octanol–water partition coefficient (Wildman–Crippen LogP) is 4.58. The van der Waals surface area contributed by atoms with Crippen LogP contribution < -0.4 is 15.0 Å². The van der Waals surface area contributed by atoms with Gasteiger partial charge in [0.15, 0.2) is 0 Å². The van der Waals surface area contributed by atoms with Gasteiger partial charge in [-0.15, -0.1) is 0 Å². The van der Waals surface area contributed by atoms with E-state index in [0.29, 0.717) is 0 Å². The van der Waals surface area contributed by atoms with Crippen molar-refractivity contribution in [3.8, 4) is 5.75 Å². The summed E-state index contributed by atoms with van der Waals surface area (Å²) >= 11 is 0. The van der Waals surface area contributed by atoms with Crippen LogP contribution in [0.15, 0.2) is 36.4 Å². The average molecular weight is 420 g/mol. The second kappa shape index (κ2) is 8.38. The number of nitrogens with zero attached hydrogens (tertiary/aromatic N) is 1. The molecule has 1 unspecified atom stereocenters. The van der Waals surface area contributed by atoms with Gasteiger partial charge in [-0.2, -0.15) is 13.2 Å². The van der Waals surface area contributed by atoms with Crippen LogP contribution >= 0.6 is 0 Å². The highest BCUT2D eigenvalue weighted by molar-refractivity contribution is 6.04. The third-order valence-electron chi connectivity index (χ3n) is 5.24. The maximum atomic E-state index is 13.2. The minimum absolute atomic E-state index is 0.00385. The molecule has 0 spiro atoms. The molecule has 0 radical (unpaired) electrons. The van der Waals surface area contributed by atoms with E-state index in [1.165, 1.54) is 6.07 Å². The molecular formula is C22H23F3N2O3. The Morgan fingerprint density at radius 2 is 2.00 bits per heavy atom. The van der Waals surface area contributed by atoms with E-state index in [1.807, 2.05) is 32.0 Å². The van der Waals surface area contributed by atoms with E-state index in [1.54, 1.807) is 4.90 Å². The molecule has 2 amide bonds. The molecule has 1 saturated heterocycles. The number of para-hydroxylation sites is 1. The summed E-state index contributed by atoms with van der Waals surface area (Å²) in [5, 5.41) is 2.51. The minimum Gasteiger partial charge on any atom is -0.496 e. The van der Waals surface area contributed by atoms with Crippen molar-refractivity contribution in [1.82, 2.24) is 0 Å². The van der Waals surface area contributed by atoms with Crippen molar-refractivity contribution in [1.29, 1.82) is 0 Å². The van der Waals surface area contributed by atoms with Gasteiger partial charge in [0.1, 0.15) is 5.75 Å². The number of carbonyl (C=O) groups is 2. The number of nitrogens with one attached hydrogen (secondary N) is 1. The summed E-state index contributed by atoms with van der Waals surface area (Å²) in [4.78, 5) is 26.9. The molecule has 0 bridgehead atoms. The number of anilines is 2. The highest BCUT2D eigenvalue weighted by atomic mass is 19.4. The van der Waals surface area contributed by atoms with Gasteiger partial charge in [0.2, 0.25) is 11.8 Å². The molecule has 0 aromatic heterocycles. The van der Waals surface area contributed by atoms with Crippen LogP contribution in [0.2, 0.25) is 0 Å². The Morgan fingerprint density at radius 3 is 2.63 bits per heavy atom. The van der Waals surface area contributed by atoms with Gasteiger partial charge in [-0.3, -0.25) is 9.59 Å². The van der Waals surface area contributed by atoms with Crippen LogP contribution in [0, 0.1) is 12.8 Å². The van der Waals surface area contributed by atoms with Gasteiger partial charge in [0, 0.05) is 24.3 Å². The van der Waals surface area contributed by atoms with Gasteiger partial charge >= 0.3 is 6.18 Å². The molecule has 1 aliphatic rings. The molecule has 5 nitrogen and oxygen atoms in total. The van der Waals surface area contributed by atoms with Gasteiger partial charge < -0.3 is 15.0 Å². The average Bonchev–Trinajstić information content (AvgIpc) is 3.08. The maximum Gasteiger partial charge on any atom is 0.420 e. The van der Waals surface area contributed by atoms with Crippen molar-refractivity contribution in [3.05, 3.63) is 53.1 Å². The van der Waals surface area contributed by atoms with E-state index in [9.17, 15) is 22.8 Å². The highest BCUT2D eigenvalue weighted by Gasteiger charge is 2.37. The van der Waals surface area contributed by atoms with Crippen LogP contribution in [0.4, 0.5) is 24.5 Å². The minimum atomic E-state index is -4.62. The summed E-state index contributed by atoms with van der Waals surface area (Å²) < 4.78 is 44.4. The van der Waals surface area contributed by atoms with Crippen LogP contribution in [0.5, 0.6) is 5.75 Å². The normalized spacial score (nSPS) is 16.7. The van der Waals surface area contributed by atoms with Crippen molar-refractivity contribution in [2.45, 2.75) is 32.9 Å². The molecule has 3 rings (SSSR count). The van der Waals surface area contributed by atoms with Gasteiger partial charge in [0.05, 0.1) is 18.6 Å². The van der Waals surface area contributed by atoms with Crippen molar-refractivity contribution in [2.75, 3.05) is 23.9 Å². The van der Waals surface area contributed by atoms with Gasteiger partial charge in [-0.25, -0.2) is 0 Å². The predicted molar refractivity (Wildman–Crippen MR) is 108 cm³/mol. The monoisotopic (exact) mass is 420 g/mol. The van der Waals surface area contributed by atoms with Crippen molar-refractivity contribution in [2.24, 2.45) is 5.92 Å². The third kappa shape index (κ3) is 4.27. The van der Waals surface area contributed by atoms with Crippen molar-refractivity contribution >= 4 is 23.2 Å². The molecular weight excluding hydrogens is 397 g/mol. The number of hydrogen-bond donors (Lipinski definition) is 1. The molecule has 1 heterocycles. The Bertz CT molecular complexity index is 973. The zero-order chi connectivity index (χ0) is 22.1. The largest absolute Gasteiger partial charge is 0.496 e. The van der Waals surface area contributed by atoms with E-state index < -0.39 is 23.6 Å². The Morgan fingerprint density at radius 1 is 1.27 bits per heavy atom. The van der Waals surface area contributed by atoms with Gasteiger partial charge in [-0.1, -0.05) is 25.1 Å². The summed E-state index contributed by atoms with van der Waals surface area (Å²) in [5.41, 5.74) is 1.79. The Hall–Kier alpha value is -3.03. The molecule has 2 aromatic rings. The molecule has 0 aliphatic carbocycles. The zero-order valence-corrected chi connectivity index (χ0v) is 17.0. The van der Waals surface area contributed by atoms with Gasteiger partial charge in [-0.05, 0) is 42.7 Å². The first-order valence-electron chi connectivity index (χ1n) is 9.60. The second-order valence-electron chi connectivity index (χ2n) is 7.24. The number of aryl methyl sites for hydroxylation is 2. The number of alkyl halides is 3. The highest BCUT2D eigenvalue weighted by Crippen LogP contribution is 2.38. The number of carbonyl (C=O) groups excluding carboxylic acids is 2. The van der Waals surface area contributed by atoms with Crippen molar-refractivity contribution < 1.29 is 27.5 Å². The fraction of sp³-hybridized carbons (Fsp3) is 0.364. The molecule has 160 valence electrons. The van der Waals surface area contributed by atoms with E-state index in [-0.39, 0.29) is 30.3 Å². The lowest BCUT2D eigenvalue weighted by atomic mass is 10.0.